The first-order chi connectivity index (χ1) is 16.8. The van der Waals surface area contributed by atoms with Gasteiger partial charge in [-0.05, 0) is 94.1 Å². The lowest BCUT2D eigenvalue weighted by atomic mass is 10.1. The van der Waals surface area contributed by atoms with Gasteiger partial charge in [-0.2, -0.15) is 0 Å². The van der Waals surface area contributed by atoms with Gasteiger partial charge in [0.2, 0.25) is 0 Å². The zero-order chi connectivity index (χ0) is 24.9. The molecule has 1 fully saturated rings. The Bertz CT molecular complexity index is 1310. The zero-order valence-electron chi connectivity index (χ0n) is 19.2. The van der Waals surface area contributed by atoms with Gasteiger partial charge in [0.1, 0.15) is 5.75 Å². The second-order valence-electron chi connectivity index (χ2n) is 8.08. The van der Waals surface area contributed by atoms with Gasteiger partial charge in [-0.1, -0.05) is 42.5 Å². The van der Waals surface area contributed by atoms with E-state index in [-0.39, 0.29) is 30.2 Å². The molecule has 0 bridgehead atoms. The number of imide groups is 1. The Kier molecular flexibility index (Phi) is 7.73. The highest BCUT2D eigenvalue weighted by molar-refractivity contribution is 9.10. The summed E-state index contributed by atoms with van der Waals surface area (Å²) in [6.07, 6.45) is 1.68. The number of ether oxygens (including phenoxy) is 1. The number of nitrogens with zero attached hydrogens (tertiary/aromatic N) is 1. The molecule has 1 N–H and O–H groups in total. The molecule has 35 heavy (non-hydrogen) atoms. The van der Waals surface area contributed by atoms with Crippen molar-refractivity contribution in [3.8, 4) is 5.75 Å². The van der Waals surface area contributed by atoms with Crippen molar-refractivity contribution in [2.45, 2.75) is 20.4 Å². The molecule has 4 rings (SSSR count). The van der Waals surface area contributed by atoms with Crippen LogP contribution in [0.5, 0.6) is 5.75 Å². The molecule has 3 aromatic carbocycles. The second-order valence-corrected chi connectivity index (χ2v) is 9.92. The summed E-state index contributed by atoms with van der Waals surface area (Å²) in [5, 5.41) is 2.56. The number of amides is 3. The summed E-state index contributed by atoms with van der Waals surface area (Å²) in [6.45, 7) is 4.10. The Labute approximate surface area is 216 Å². The lowest BCUT2D eigenvalue weighted by Crippen LogP contribution is -2.27. The van der Waals surface area contributed by atoms with E-state index in [2.05, 4.69) is 21.2 Å². The van der Waals surface area contributed by atoms with Crippen molar-refractivity contribution in [1.82, 2.24) is 4.90 Å². The van der Waals surface area contributed by atoms with Crippen molar-refractivity contribution in [2.24, 2.45) is 0 Å². The number of anilines is 1. The lowest BCUT2D eigenvalue weighted by molar-refractivity contribution is -0.123. The molecule has 1 aliphatic heterocycles. The van der Waals surface area contributed by atoms with E-state index in [1.165, 1.54) is 4.90 Å². The van der Waals surface area contributed by atoms with Gasteiger partial charge in [-0.25, -0.2) is 0 Å². The molecule has 1 saturated heterocycles. The predicted octanol–water partition coefficient (Wildman–Crippen LogP) is 6.32. The van der Waals surface area contributed by atoms with Crippen LogP contribution < -0.4 is 10.1 Å². The second kappa shape index (κ2) is 10.9. The van der Waals surface area contributed by atoms with Crippen LogP contribution in [0.3, 0.4) is 0 Å². The summed E-state index contributed by atoms with van der Waals surface area (Å²) in [7, 11) is 0. The van der Waals surface area contributed by atoms with Crippen molar-refractivity contribution >= 4 is 56.5 Å². The number of rotatable bonds is 7. The van der Waals surface area contributed by atoms with Crippen LogP contribution in [0.15, 0.2) is 76.1 Å². The molecule has 178 valence electrons. The highest BCUT2D eigenvalue weighted by atomic mass is 79.9. The molecule has 0 atom stereocenters. The van der Waals surface area contributed by atoms with E-state index in [0.29, 0.717) is 16.3 Å². The molecular weight excluding hydrogens is 528 g/mol. The fourth-order valence-electron chi connectivity index (χ4n) is 3.43. The quantitative estimate of drug-likeness (QED) is 0.348. The molecule has 6 nitrogen and oxygen atoms in total. The topological polar surface area (TPSA) is 75.7 Å². The van der Waals surface area contributed by atoms with Gasteiger partial charge in [0.05, 0.1) is 17.1 Å². The maximum absolute atomic E-state index is 12.7. The standard InChI is InChI=1S/C27H23BrN2O4S/c1-17-12-22(28)23(13-18(17)2)29-25(31)16-34-21-10-8-19(9-11-21)14-24-26(32)30(27(33)35-24)15-20-6-4-3-5-7-20/h3-14H,15-16H2,1-2H3,(H,29,31)/b24-14-. The van der Waals surface area contributed by atoms with Gasteiger partial charge < -0.3 is 10.1 Å². The smallest absolute Gasteiger partial charge is 0.293 e. The normalized spacial score (nSPS) is 14.5. The molecule has 1 aliphatic rings. The van der Waals surface area contributed by atoms with E-state index in [1.807, 2.05) is 56.3 Å². The summed E-state index contributed by atoms with van der Waals surface area (Å²) >= 11 is 4.40. The fraction of sp³-hybridized carbons (Fsp3) is 0.148. The number of thioether (sulfide) groups is 1. The van der Waals surface area contributed by atoms with E-state index in [4.69, 9.17) is 4.74 Å². The molecule has 1 heterocycles. The van der Waals surface area contributed by atoms with Gasteiger partial charge in [-0.15, -0.1) is 0 Å². The largest absolute Gasteiger partial charge is 0.484 e. The minimum atomic E-state index is -0.307. The maximum Gasteiger partial charge on any atom is 0.293 e. The van der Waals surface area contributed by atoms with Crippen LogP contribution in [0, 0.1) is 13.8 Å². The number of benzene rings is 3. The summed E-state index contributed by atoms with van der Waals surface area (Å²) in [5.74, 6) is -0.0582. The highest BCUT2D eigenvalue weighted by Crippen LogP contribution is 2.33. The minimum Gasteiger partial charge on any atom is -0.484 e. The fourth-order valence-corrected chi connectivity index (χ4v) is 4.82. The SMILES string of the molecule is Cc1cc(Br)c(NC(=O)COc2ccc(/C=C3\SC(=O)N(Cc4ccccc4)C3=O)cc2)cc1C. The van der Waals surface area contributed by atoms with Crippen molar-refractivity contribution in [2.75, 3.05) is 11.9 Å². The first-order valence-electron chi connectivity index (χ1n) is 10.9. The minimum absolute atomic E-state index is 0.142. The first kappa shape index (κ1) is 24.8. The lowest BCUT2D eigenvalue weighted by Gasteiger charge is -2.12. The van der Waals surface area contributed by atoms with Crippen molar-refractivity contribution in [3.05, 3.63) is 98.4 Å². The summed E-state index contributed by atoms with van der Waals surface area (Å²) < 4.78 is 6.41. The predicted molar refractivity (Wildman–Crippen MR) is 142 cm³/mol. The molecule has 0 saturated carbocycles. The highest BCUT2D eigenvalue weighted by Gasteiger charge is 2.34. The van der Waals surface area contributed by atoms with Crippen LogP contribution in [-0.4, -0.2) is 28.6 Å². The number of carbonyl (C=O) groups excluding carboxylic acids is 3. The number of hydrogen-bond donors (Lipinski definition) is 1. The summed E-state index contributed by atoms with van der Waals surface area (Å²) in [6, 6.07) is 20.3. The zero-order valence-corrected chi connectivity index (χ0v) is 21.6. The van der Waals surface area contributed by atoms with Crippen LogP contribution in [-0.2, 0) is 16.1 Å². The van der Waals surface area contributed by atoms with Gasteiger partial charge in [-0.3, -0.25) is 19.3 Å². The Morgan fingerprint density at radius 1 is 1.03 bits per heavy atom. The van der Waals surface area contributed by atoms with E-state index >= 15 is 0 Å². The number of nitrogens with one attached hydrogen (secondary N) is 1. The third-order valence-corrected chi connectivity index (χ3v) is 7.03. The number of hydrogen-bond acceptors (Lipinski definition) is 5. The molecule has 0 aliphatic carbocycles. The molecular formula is C27H23BrN2O4S. The Hall–Kier alpha value is -3.36. The van der Waals surface area contributed by atoms with E-state index in [9.17, 15) is 14.4 Å². The molecule has 0 unspecified atom stereocenters. The molecule has 0 spiro atoms. The maximum atomic E-state index is 12.7. The van der Waals surface area contributed by atoms with E-state index < -0.39 is 0 Å². The van der Waals surface area contributed by atoms with E-state index in [0.717, 1.165) is 38.5 Å². The van der Waals surface area contributed by atoms with Crippen molar-refractivity contribution in [3.63, 3.8) is 0 Å². The molecule has 0 aromatic heterocycles. The Balaban J connectivity index is 1.34. The van der Waals surface area contributed by atoms with Crippen LogP contribution in [0.2, 0.25) is 0 Å². The molecule has 8 heteroatoms. The van der Waals surface area contributed by atoms with Crippen LogP contribution >= 0.6 is 27.7 Å². The first-order valence-corrected chi connectivity index (χ1v) is 12.5. The third kappa shape index (κ3) is 6.21. The average molecular weight is 551 g/mol. The number of halogens is 1. The van der Waals surface area contributed by atoms with Crippen LogP contribution in [0.1, 0.15) is 22.3 Å². The third-order valence-electron chi connectivity index (χ3n) is 5.46. The molecule has 0 radical (unpaired) electrons. The van der Waals surface area contributed by atoms with Crippen LogP contribution in [0.4, 0.5) is 10.5 Å². The summed E-state index contributed by atoms with van der Waals surface area (Å²) in [4.78, 5) is 39.0. The van der Waals surface area contributed by atoms with Crippen LogP contribution in [0.25, 0.3) is 6.08 Å². The number of aryl methyl sites for hydroxylation is 2. The molecule has 3 aromatic rings. The van der Waals surface area contributed by atoms with Gasteiger partial charge in [0, 0.05) is 4.47 Å². The Morgan fingerprint density at radius 3 is 2.43 bits per heavy atom. The van der Waals surface area contributed by atoms with E-state index in [1.54, 1.807) is 30.3 Å². The van der Waals surface area contributed by atoms with Gasteiger partial charge >= 0.3 is 0 Å². The Morgan fingerprint density at radius 2 is 1.71 bits per heavy atom. The average Bonchev–Trinajstić information content (AvgIpc) is 3.10. The number of carbonyl (C=O) groups is 3. The van der Waals surface area contributed by atoms with Crippen molar-refractivity contribution < 1.29 is 19.1 Å². The molecule has 3 amide bonds. The van der Waals surface area contributed by atoms with Crippen molar-refractivity contribution in [1.29, 1.82) is 0 Å². The monoisotopic (exact) mass is 550 g/mol. The van der Waals surface area contributed by atoms with Gasteiger partial charge in [0.25, 0.3) is 17.1 Å². The summed E-state index contributed by atoms with van der Waals surface area (Å²) in [5.41, 5.74) is 4.56. The van der Waals surface area contributed by atoms with Gasteiger partial charge in [0.15, 0.2) is 6.61 Å².